The van der Waals surface area contributed by atoms with E-state index in [4.69, 9.17) is 0 Å². The minimum atomic E-state index is -0.612. The van der Waals surface area contributed by atoms with Crippen molar-refractivity contribution in [3.8, 4) is 0 Å². The van der Waals surface area contributed by atoms with E-state index in [0.717, 1.165) is 11.1 Å². The summed E-state index contributed by atoms with van der Waals surface area (Å²) in [7, 11) is 0. The summed E-state index contributed by atoms with van der Waals surface area (Å²) in [4.78, 5) is 39.4. The van der Waals surface area contributed by atoms with E-state index >= 15 is 0 Å². The molecule has 0 aliphatic carbocycles. The van der Waals surface area contributed by atoms with Crippen molar-refractivity contribution in [1.82, 2.24) is 4.90 Å². The molecule has 1 heterocycles. The molecule has 2 amide bonds. The first-order valence-corrected chi connectivity index (χ1v) is 7.15. The third-order valence-electron chi connectivity index (χ3n) is 3.83. The van der Waals surface area contributed by atoms with Crippen molar-refractivity contribution in [1.29, 1.82) is 0 Å². The molecule has 0 aromatic heterocycles. The molecule has 5 nitrogen and oxygen atoms in total. The highest BCUT2D eigenvalue weighted by molar-refractivity contribution is 6.53. The molecule has 1 aromatic rings. The fraction of sp³-hybridized carbons (Fsp3) is 0.438. The Hall–Kier alpha value is -2.17. The SMILES string of the molecule is CCN(CC)C(=O)CN1C(=O)C(=O)c2c(C)cc(C)cc21. The predicted octanol–water partition coefficient (Wildman–Crippen LogP) is 1.70. The standard InChI is InChI=1S/C16H20N2O3/c1-5-17(6-2)13(19)9-18-12-8-10(3)7-11(4)14(12)15(20)16(18)21/h7-8H,5-6,9H2,1-4H3. The number of carbonyl (C=O) groups excluding carboxylic acids is 3. The molecular weight excluding hydrogens is 268 g/mol. The van der Waals surface area contributed by atoms with Crippen LogP contribution in [-0.4, -0.2) is 42.1 Å². The van der Waals surface area contributed by atoms with Crippen LogP contribution < -0.4 is 4.90 Å². The van der Waals surface area contributed by atoms with Crippen molar-refractivity contribution in [2.75, 3.05) is 24.5 Å². The fourth-order valence-corrected chi connectivity index (χ4v) is 2.76. The van der Waals surface area contributed by atoms with E-state index in [0.29, 0.717) is 24.3 Å². The summed E-state index contributed by atoms with van der Waals surface area (Å²) in [5.74, 6) is -1.28. The highest BCUT2D eigenvalue weighted by Gasteiger charge is 2.38. The second kappa shape index (κ2) is 5.68. The number of aryl methyl sites for hydroxylation is 2. The molecular formula is C16H20N2O3. The number of hydrogen-bond donors (Lipinski definition) is 0. The molecule has 0 unspecified atom stereocenters. The number of benzene rings is 1. The van der Waals surface area contributed by atoms with Crippen molar-refractivity contribution in [2.24, 2.45) is 0 Å². The van der Waals surface area contributed by atoms with Crippen LogP contribution in [0.3, 0.4) is 0 Å². The van der Waals surface area contributed by atoms with E-state index in [1.54, 1.807) is 11.0 Å². The maximum Gasteiger partial charge on any atom is 0.299 e. The minimum absolute atomic E-state index is 0.0812. The molecule has 0 N–H and O–H groups in total. The van der Waals surface area contributed by atoms with Gasteiger partial charge < -0.3 is 4.90 Å². The zero-order valence-corrected chi connectivity index (χ0v) is 12.9. The summed E-state index contributed by atoms with van der Waals surface area (Å²) in [6, 6.07) is 3.67. The van der Waals surface area contributed by atoms with Crippen LogP contribution in [0, 0.1) is 13.8 Å². The average molecular weight is 288 g/mol. The molecule has 1 aliphatic heterocycles. The lowest BCUT2D eigenvalue weighted by Crippen LogP contribution is -2.42. The van der Waals surface area contributed by atoms with E-state index < -0.39 is 11.7 Å². The first-order valence-electron chi connectivity index (χ1n) is 7.15. The molecule has 2 rings (SSSR count). The van der Waals surface area contributed by atoms with Gasteiger partial charge in [0.25, 0.3) is 11.7 Å². The van der Waals surface area contributed by atoms with Gasteiger partial charge in [-0.1, -0.05) is 6.07 Å². The first-order chi connectivity index (χ1) is 9.90. The van der Waals surface area contributed by atoms with Crippen molar-refractivity contribution >= 4 is 23.3 Å². The Kier molecular flexibility index (Phi) is 4.11. The van der Waals surface area contributed by atoms with Crippen LogP contribution >= 0.6 is 0 Å². The number of fused-ring (bicyclic) bond motifs is 1. The monoisotopic (exact) mass is 288 g/mol. The number of carbonyl (C=O) groups is 3. The summed E-state index contributed by atoms with van der Waals surface area (Å²) < 4.78 is 0. The smallest absolute Gasteiger partial charge is 0.299 e. The molecule has 0 atom stereocenters. The largest absolute Gasteiger partial charge is 0.342 e. The van der Waals surface area contributed by atoms with E-state index in [9.17, 15) is 14.4 Å². The van der Waals surface area contributed by atoms with Gasteiger partial charge in [-0.05, 0) is 44.9 Å². The quantitative estimate of drug-likeness (QED) is 0.792. The molecule has 1 aliphatic rings. The Bertz CT molecular complexity index is 618. The number of nitrogens with zero attached hydrogens (tertiary/aromatic N) is 2. The Labute approximate surface area is 124 Å². The lowest BCUT2D eigenvalue weighted by Gasteiger charge is -2.23. The molecule has 5 heteroatoms. The molecule has 0 spiro atoms. The lowest BCUT2D eigenvalue weighted by molar-refractivity contribution is -0.130. The van der Waals surface area contributed by atoms with Gasteiger partial charge >= 0.3 is 0 Å². The average Bonchev–Trinajstić information content (AvgIpc) is 2.65. The van der Waals surface area contributed by atoms with E-state index in [1.807, 2.05) is 33.8 Å². The van der Waals surface area contributed by atoms with Crippen LogP contribution in [0.2, 0.25) is 0 Å². The van der Waals surface area contributed by atoms with Gasteiger partial charge in [0.2, 0.25) is 5.91 Å². The lowest BCUT2D eigenvalue weighted by atomic mass is 10.0. The Balaban J connectivity index is 2.37. The number of amides is 2. The number of hydrogen-bond acceptors (Lipinski definition) is 3. The molecule has 1 aromatic carbocycles. The maximum absolute atomic E-state index is 12.2. The number of rotatable bonds is 4. The van der Waals surface area contributed by atoms with Crippen LogP contribution in [0.4, 0.5) is 5.69 Å². The molecule has 112 valence electrons. The number of Topliss-reactive ketones (excluding diaryl/α,β-unsaturated/α-hetero) is 1. The Morgan fingerprint density at radius 1 is 1.14 bits per heavy atom. The third kappa shape index (κ3) is 2.55. The van der Waals surface area contributed by atoms with Gasteiger partial charge in [0.05, 0.1) is 11.3 Å². The van der Waals surface area contributed by atoms with Gasteiger partial charge in [0.15, 0.2) is 0 Å². The molecule has 21 heavy (non-hydrogen) atoms. The van der Waals surface area contributed by atoms with E-state index in [1.165, 1.54) is 4.90 Å². The van der Waals surface area contributed by atoms with Crippen LogP contribution in [-0.2, 0) is 9.59 Å². The highest BCUT2D eigenvalue weighted by atomic mass is 16.2. The van der Waals surface area contributed by atoms with E-state index in [2.05, 4.69) is 0 Å². The summed E-state index contributed by atoms with van der Waals surface area (Å²) in [6.45, 7) is 8.59. The molecule has 0 fully saturated rings. The maximum atomic E-state index is 12.2. The second-order valence-corrected chi connectivity index (χ2v) is 5.26. The van der Waals surface area contributed by atoms with Gasteiger partial charge in [-0.15, -0.1) is 0 Å². The van der Waals surface area contributed by atoms with Crippen LogP contribution in [0.1, 0.15) is 35.3 Å². The normalized spacial score (nSPS) is 13.6. The van der Waals surface area contributed by atoms with Gasteiger partial charge in [-0.25, -0.2) is 0 Å². The zero-order chi connectivity index (χ0) is 15.7. The number of anilines is 1. The Morgan fingerprint density at radius 2 is 1.76 bits per heavy atom. The third-order valence-corrected chi connectivity index (χ3v) is 3.83. The minimum Gasteiger partial charge on any atom is -0.342 e. The van der Waals surface area contributed by atoms with Crippen molar-refractivity contribution in [3.05, 3.63) is 28.8 Å². The molecule has 0 saturated carbocycles. The van der Waals surface area contributed by atoms with Gasteiger partial charge in [-0.3, -0.25) is 19.3 Å². The van der Waals surface area contributed by atoms with Crippen molar-refractivity contribution < 1.29 is 14.4 Å². The number of likely N-dealkylation sites (N-methyl/N-ethyl adjacent to an activating group) is 1. The first kappa shape index (κ1) is 15.2. The molecule has 0 radical (unpaired) electrons. The van der Waals surface area contributed by atoms with Crippen LogP contribution in [0.5, 0.6) is 0 Å². The summed E-state index contributed by atoms with van der Waals surface area (Å²) >= 11 is 0. The van der Waals surface area contributed by atoms with Crippen molar-refractivity contribution in [2.45, 2.75) is 27.7 Å². The summed E-state index contributed by atoms with van der Waals surface area (Å²) in [6.07, 6.45) is 0. The van der Waals surface area contributed by atoms with Gasteiger partial charge in [0.1, 0.15) is 6.54 Å². The molecule has 0 bridgehead atoms. The van der Waals surface area contributed by atoms with Crippen LogP contribution in [0.25, 0.3) is 0 Å². The highest BCUT2D eigenvalue weighted by Crippen LogP contribution is 2.32. The second-order valence-electron chi connectivity index (χ2n) is 5.26. The molecule has 0 saturated heterocycles. The predicted molar refractivity (Wildman–Crippen MR) is 80.5 cm³/mol. The van der Waals surface area contributed by atoms with Crippen molar-refractivity contribution in [3.63, 3.8) is 0 Å². The number of ketones is 1. The van der Waals surface area contributed by atoms with Crippen LogP contribution in [0.15, 0.2) is 12.1 Å². The summed E-state index contributed by atoms with van der Waals surface area (Å²) in [5.41, 5.74) is 2.73. The zero-order valence-electron chi connectivity index (χ0n) is 12.9. The van der Waals surface area contributed by atoms with Gasteiger partial charge in [-0.2, -0.15) is 0 Å². The van der Waals surface area contributed by atoms with E-state index in [-0.39, 0.29) is 12.5 Å². The topological polar surface area (TPSA) is 57.7 Å². The fourth-order valence-electron chi connectivity index (χ4n) is 2.76. The van der Waals surface area contributed by atoms with Gasteiger partial charge in [0, 0.05) is 13.1 Å². The summed E-state index contributed by atoms with van der Waals surface area (Å²) in [5, 5.41) is 0. The Morgan fingerprint density at radius 3 is 2.33 bits per heavy atom.